The molecule has 2 unspecified atom stereocenters. The quantitative estimate of drug-likeness (QED) is 0.855. The first kappa shape index (κ1) is 19.4. The lowest BCUT2D eigenvalue weighted by atomic mass is 9.66. The molecular formula is C19H29ClN2O2. The van der Waals surface area contributed by atoms with Crippen LogP contribution >= 0.6 is 11.6 Å². The van der Waals surface area contributed by atoms with Crippen molar-refractivity contribution in [3.05, 3.63) is 34.9 Å². The number of benzene rings is 1. The van der Waals surface area contributed by atoms with E-state index in [9.17, 15) is 9.90 Å². The number of nitrogens with zero attached hydrogens (tertiary/aromatic N) is 1. The zero-order chi connectivity index (χ0) is 18.1. The van der Waals surface area contributed by atoms with Gasteiger partial charge in [-0.25, -0.2) is 0 Å². The van der Waals surface area contributed by atoms with Crippen LogP contribution in [0, 0.1) is 11.3 Å². The first-order valence-corrected chi connectivity index (χ1v) is 8.94. The number of carbonyl (C=O) groups excluding carboxylic acids is 1. The van der Waals surface area contributed by atoms with Gasteiger partial charge in [0.25, 0.3) is 0 Å². The van der Waals surface area contributed by atoms with Crippen LogP contribution in [0.2, 0.25) is 5.02 Å². The summed E-state index contributed by atoms with van der Waals surface area (Å²) in [4.78, 5) is 14.4. The molecule has 2 atom stereocenters. The van der Waals surface area contributed by atoms with Gasteiger partial charge in [0.05, 0.1) is 18.2 Å². The number of halogens is 1. The van der Waals surface area contributed by atoms with E-state index in [-0.39, 0.29) is 17.1 Å². The number of nitrogens with two attached hydrogens (primary N) is 1. The lowest BCUT2D eigenvalue weighted by molar-refractivity contribution is -0.136. The van der Waals surface area contributed by atoms with Gasteiger partial charge in [0.15, 0.2) is 5.78 Å². The number of hydrogen-bond acceptors (Lipinski definition) is 4. The Morgan fingerprint density at radius 2 is 1.92 bits per heavy atom. The van der Waals surface area contributed by atoms with Gasteiger partial charge in [-0.05, 0) is 30.0 Å². The average Bonchev–Trinajstić information content (AvgIpc) is 2.50. The molecule has 5 heteroatoms. The molecule has 1 fully saturated rings. The number of hydrogen-bond donors (Lipinski definition) is 2. The van der Waals surface area contributed by atoms with Crippen LogP contribution in [0.1, 0.15) is 39.7 Å². The molecule has 3 N–H and O–H groups in total. The molecule has 0 saturated carbocycles. The summed E-state index contributed by atoms with van der Waals surface area (Å²) in [5, 5.41) is 12.0. The maximum absolute atomic E-state index is 12.3. The van der Waals surface area contributed by atoms with Gasteiger partial charge < -0.3 is 10.8 Å². The number of piperidine rings is 1. The van der Waals surface area contributed by atoms with Gasteiger partial charge >= 0.3 is 0 Å². The summed E-state index contributed by atoms with van der Waals surface area (Å²) in [5.41, 5.74) is 5.52. The van der Waals surface area contributed by atoms with Crippen LogP contribution in [-0.2, 0) is 10.4 Å². The van der Waals surface area contributed by atoms with Crippen LogP contribution in [0.4, 0.5) is 0 Å². The highest BCUT2D eigenvalue weighted by molar-refractivity contribution is 6.30. The van der Waals surface area contributed by atoms with Crippen molar-refractivity contribution in [3.63, 3.8) is 0 Å². The van der Waals surface area contributed by atoms with Gasteiger partial charge in [-0.1, -0.05) is 51.4 Å². The highest BCUT2D eigenvalue weighted by Gasteiger charge is 2.48. The maximum Gasteiger partial charge on any atom is 0.163 e. The zero-order valence-electron chi connectivity index (χ0n) is 15.1. The fourth-order valence-corrected chi connectivity index (χ4v) is 3.65. The van der Waals surface area contributed by atoms with E-state index >= 15 is 0 Å². The van der Waals surface area contributed by atoms with E-state index in [0.29, 0.717) is 31.1 Å². The predicted molar refractivity (Wildman–Crippen MR) is 98.0 cm³/mol. The first-order chi connectivity index (χ1) is 11.1. The number of rotatable bonds is 5. The van der Waals surface area contributed by atoms with E-state index < -0.39 is 11.6 Å². The van der Waals surface area contributed by atoms with Crippen molar-refractivity contribution in [2.75, 3.05) is 19.6 Å². The Kier molecular flexibility index (Phi) is 5.75. The molecule has 0 amide bonds. The van der Waals surface area contributed by atoms with Gasteiger partial charge in [-0.2, -0.15) is 0 Å². The third-order valence-electron chi connectivity index (χ3n) is 5.32. The summed E-state index contributed by atoms with van der Waals surface area (Å²) in [6.45, 7) is 9.66. The molecule has 4 nitrogen and oxygen atoms in total. The lowest BCUT2D eigenvalue weighted by Gasteiger charge is -2.50. The molecule has 1 aliphatic heterocycles. The van der Waals surface area contributed by atoms with E-state index in [1.54, 1.807) is 0 Å². The molecule has 24 heavy (non-hydrogen) atoms. The molecule has 0 aromatic heterocycles. The molecule has 2 rings (SSSR count). The second-order valence-electron chi connectivity index (χ2n) is 7.95. The molecule has 0 aliphatic carbocycles. The van der Waals surface area contributed by atoms with Crippen molar-refractivity contribution in [2.45, 2.75) is 45.8 Å². The Morgan fingerprint density at radius 3 is 2.42 bits per heavy atom. The summed E-state index contributed by atoms with van der Waals surface area (Å²) in [6.07, 6.45) is 0.575. The lowest BCUT2D eigenvalue weighted by Crippen LogP contribution is -2.57. The molecule has 1 aromatic rings. The molecule has 0 bridgehead atoms. The van der Waals surface area contributed by atoms with Gasteiger partial charge in [0.1, 0.15) is 0 Å². The van der Waals surface area contributed by atoms with Gasteiger partial charge in [0, 0.05) is 23.5 Å². The second-order valence-corrected chi connectivity index (χ2v) is 8.38. The zero-order valence-corrected chi connectivity index (χ0v) is 15.8. The molecule has 1 aliphatic rings. The Balaban J connectivity index is 2.12. The predicted octanol–water partition coefficient (Wildman–Crippen LogP) is 2.81. The van der Waals surface area contributed by atoms with Crippen LogP contribution in [-0.4, -0.2) is 41.5 Å². The second kappa shape index (κ2) is 7.12. The fourth-order valence-electron chi connectivity index (χ4n) is 3.52. The third-order valence-corrected chi connectivity index (χ3v) is 5.57. The number of Topliss-reactive ketones (excluding diaryl/α,β-unsaturated/α-hetero) is 1. The van der Waals surface area contributed by atoms with Crippen molar-refractivity contribution in [1.29, 1.82) is 0 Å². The van der Waals surface area contributed by atoms with E-state index in [2.05, 4.69) is 4.90 Å². The van der Waals surface area contributed by atoms with E-state index in [1.165, 1.54) is 0 Å². The van der Waals surface area contributed by atoms with Gasteiger partial charge in [-0.15, -0.1) is 0 Å². The molecular weight excluding hydrogens is 324 g/mol. The number of aliphatic hydroxyl groups is 1. The largest absolute Gasteiger partial charge is 0.385 e. The molecule has 134 valence electrons. The monoisotopic (exact) mass is 352 g/mol. The molecule has 1 aromatic carbocycles. The topological polar surface area (TPSA) is 66.6 Å². The Labute approximate surface area is 150 Å². The van der Waals surface area contributed by atoms with E-state index in [1.807, 2.05) is 52.0 Å². The van der Waals surface area contributed by atoms with Crippen LogP contribution in [0.3, 0.4) is 0 Å². The summed E-state index contributed by atoms with van der Waals surface area (Å²) in [7, 11) is 0. The minimum atomic E-state index is -0.933. The van der Waals surface area contributed by atoms with Crippen LogP contribution < -0.4 is 5.73 Å². The Morgan fingerprint density at radius 1 is 1.33 bits per heavy atom. The highest BCUT2D eigenvalue weighted by atomic mass is 35.5. The van der Waals surface area contributed by atoms with Crippen LogP contribution in [0.5, 0.6) is 0 Å². The van der Waals surface area contributed by atoms with Crippen LogP contribution in [0.25, 0.3) is 0 Å². The number of ketones is 1. The minimum absolute atomic E-state index is 0.0673. The van der Waals surface area contributed by atoms with Crippen molar-refractivity contribution < 1.29 is 9.90 Å². The number of carbonyl (C=O) groups is 1. The summed E-state index contributed by atoms with van der Waals surface area (Å²) in [5.74, 6) is 0.207. The van der Waals surface area contributed by atoms with Gasteiger partial charge in [0.2, 0.25) is 0 Å². The highest BCUT2D eigenvalue weighted by Crippen LogP contribution is 2.46. The third kappa shape index (κ3) is 3.83. The maximum atomic E-state index is 12.3. The average molecular weight is 353 g/mol. The molecule has 1 saturated heterocycles. The summed E-state index contributed by atoms with van der Waals surface area (Å²) < 4.78 is 0. The summed E-state index contributed by atoms with van der Waals surface area (Å²) in [6, 6.07) is 6.97. The number of likely N-dealkylation sites (tertiary alicyclic amines) is 1. The van der Waals surface area contributed by atoms with Crippen molar-refractivity contribution in [1.82, 2.24) is 4.90 Å². The Hall–Kier alpha value is -0.940. The SMILES string of the molecule is CC(C)C(N)C(=O)CN1CCC(O)(c2ccc(Cl)cc2)C(C)(C)C1. The Bertz CT molecular complexity index is 586. The fraction of sp³-hybridized carbons (Fsp3) is 0.632. The smallest absolute Gasteiger partial charge is 0.163 e. The van der Waals surface area contributed by atoms with Gasteiger partial charge in [-0.3, -0.25) is 9.69 Å². The van der Waals surface area contributed by atoms with Crippen molar-refractivity contribution in [3.8, 4) is 0 Å². The van der Waals surface area contributed by atoms with Crippen molar-refractivity contribution >= 4 is 17.4 Å². The summed E-state index contributed by atoms with van der Waals surface area (Å²) >= 11 is 5.96. The van der Waals surface area contributed by atoms with Crippen molar-refractivity contribution in [2.24, 2.45) is 17.1 Å². The van der Waals surface area contributed by atoms with Crippen LogP contribution in [0.15, 0.2) is 24.3 Å². The normalized spacial score (nSPS) is 25.7. The standard InChI is InChI=1S/C19H29ClN2O2/c1-13(2)17(21)16(23)11-22-10-9-19(24,18(3,4)12-22)14-5-7-15(20)8-6-14/h5-8,13,17,24H,9-12,21H2,1-4H3. The molecule has 1 heterocycles. The van der Waals surface area contributed by atoms with E-state index in [4.69, 9.17) is 17.3 Å². The minimum Gasteiger partial charge on any atom is -0.385 e. The molecule has 0 radical (unpaired) electrons. The van der Waals surface area contributed by atoms with E-state index in [0.717, 1.165) is 5.56 Å². The first-order valence-electron chi connectivity index (χ1n) is 8.56. The molecule has 0 spiro atoms.